The predicted octanol–water partition coefficient (Wildman–Crippen LogP) is 5.44. The van der Waals surface area contributed by atoms with Gasteiger partial charge in [0.2, 0.25) is 10.0 Å². The van der Waals surface area contributed by atoms with Crippen LogP contribution >= 0.6 is 11.6 Å². The molecule has 0 saturated carbocycles. The van der Waals surface area contributed by atoms with Crippen molar-refractivity contribution in [1.29, 1.82) is 0 Å². The molecule has 1 N–H and O–H groups in total. The maximum Gasteiger partial charge on any atom is 0.417 e. The second kappa shape index (κ2) is 10.7. The van der Waals surface area contributed by atoms with E-state index < -0.39 is 26.8 Å². The van der Waals surface area contributed by atoms with Crippen molar-refractivity contribution in [2.45, 2.75) is 19.1 Å². The van der Waals surface area contributed by atoms with Crippen molar-refractivity contribution in [3.05, 3.63) is 99.8 Å². The van der Waals surface area contributed by atoms with E-state index in [-0.39, 0.29) is 24.0 Å². The number of nitrogens with zero attached hydrogens (tertiary/aromatic N) is 1. The van der Waals surface area contributed by atoms with Gasteiger partial charge in [-0.05, 0) is 60.0 Å². The second-order valence-corrected chi connectivity index (χ2v) is 10.1. The number of rotatable bonds is 8. The van der Waals surface area contributed by atoms with Gasteiger partial charge < -0.3 is 5.32 Å². The van der Waals surface area contributed by atoms with E-state index in [1.165, 1.54) is 42.5 Å². The molecule has 0 bridgehead atoms. The molecule has 3 aromatic carbocycles. The number of amides is 1. The number of hydrogen-bond acceptors (Lipinski definition) is 3. The number of alkyl halides is 3. The van der Waals surface area contributed by atoms with E-state index in [4.69, 9.17) is 11.6 Å². The van der Waals surface area contributed by atoms with Gasteiger partial charge in [-0.1, -0.05) is 35.9 Å². The predicted molar refractivity (Wildman–Crippen MR) is 126 cm³/mol. The standard InChI is InChI=1S/C24H21ClF4N2O3S/c1-35(33,34)31(20-10-11-22(25)21(14-20)24(27,28)29)15-17-2-6-18(7-3-17)23(32)30-13-12-16-4-8-19(26)9-5-16/h2-11,14H,12-13,15H2,1H3,(H,30,32). The van der Waals surface area contributed by atoms with Crippen LogP contribution in [-0.2, 0) is 29.2 Å². The Balaban J connectivity index is 1.70. The maximum atomic E-state index is 13.2. The molecular weight excluding hydrogens is 508 g/mol. The molecule has 0 aliphatic heterocycles. The van der Waals surface area contributed by atoms with Crippen molar-refractivity contribution in [3.8, 4) is 0 Å². The van der Waals surface area contributed by atoms with E-state index in [9.17, 15) is 30.8 Å². The van der Waals surface area contributed by atoms with Gasteiger partial charge in [0.15, 0.2) is 0 Å². The number of halogens is 5. The van der Waals surface area contributed by atoms with E-state index >= 15 is 0 Å². The normalized spacial score (nSPS) is 11.8. The molecule has 0 saturated heterocycles. The van der Waals surface area contributed by atoms with Crippen molar-refractivity contribution in [2.75, 3.05) is 17.1 Å². The number of hydrogen-bond donors (Lipinski definition) is 1. The van der Waals surface area contributed by atoms with Crippen LogP contribution in [0.4, 0.5) is 23.2 Å². The Bertz CT molecular complexity index is 1300. The van der Waals surface area contributed by atoms with Gasteiger partial charge in [0.05, 0.1) is 29.1 Å². The molecule has 0 aromatic heterocycles. The number of carbonyl (C=O) groups excluding carboxylic acids is 1. The van der Waals surface area contributed by atoms with Gasteiger partial charge in [-0.25, -0.2) is 12.8 Å². The number of anilines is 1. The highest BCUT2D eigenvalue weighted by Crippen LogP contribution is 2.37. The minimum atomic E-state index is -4.75. The summed E-state index contributed by atoms with van der Waals surface area (Å²) >= 11 is 5.64. The summed E-state index contributed by atoms with van der Waals surface area (Å²) in [6, 6.07) is 14.8. The minimum Gasteiger partial charge on any atom is -0.352 e. The van der Waals surface area contributed by atoms with Crippen molar-refractivity contribution in [3.63, 3.8) is 0 Å². The van der Waals surface area contributed by atoms with E-state index in [0.717, 1.165) is 22.2 Å². The van der Waals surface area contributed by atoms with Crippen LogP contribution < -0.4 is 9.62 Å². The van der Waals surface area contributed by atoms with Crippen LogP contribution in [0, 0.1) is 5.82 Å². The van der Waals surface area contributed by atoms with Crippen LogP contribution in [0.3, 0.4) is 0 Å². The fraction of sp³-hybridized carbons (Fsp3) is 0.208. The van der Waals surface area contributed by atoms with Crippen LogP contribution in [0.25, 0.3) is 0 Å². The minimum absolute atomic E-state index is 0.188. The molecule has 11 heteroatoms. The van der Waals surface area contributed by atoms with Gasteiger partial charge in [-0.2, -0.15) is 13.2 Å². The van der Waals surface area contributed by atoms with E-state index in [0.29, 0.717) is 30.2 Å². The molecule has 35 heavy (non-hydrogen) atoms. The largest absolute Gasteiger partial charge is 0.417 e. The SMILES string of the molecule is CS(=O)(=O)N(Cc1ccc(C(=O)NCCc2ccc(F)cc2)cc1)c1ccc(Cl)c(C(F)(F)F)c1. The first-order valence-corrected chi connectivity index (χ1v) is 12.5. The van der Waals surface area contributed by atoms with Gasteiger partial charge in [-0.3, -0.25) is 9.10 Å². The Morgan fingerprint density at radius 1 is 0.971 bits per heavy atom. The quantitative estimate of drug-likeness (QED) is 0.396. The summed E-state index contributed by atoms with van der Waals surface area (Å²) in [6.45, 7) is 0.0798. The second-order valence-electron chi connectivity index (χ2n) is 7.76. The Kier molecular flexibility index (Phi) is 8.07. The highest BCUT2D eigenvalue weighted by Gasteiger charge is 2.34. The molecule has 0 heterocycles. The molecule has 0 unspecified atom stereocenters. The maximum absolute atomic E-state index is 13.2. The van der Waals surface area contributed by atoms with E-state index in [1.807, 2.05) is 0 Å². The third-order valence-corrected chi connectivity index (χ3v) is 6.57. The van der Waals surface area contributed by atoms with E-state index in [1.54, 1.807) is 12.1 Å². The van der Waals surface area contributed by atoms with Crippen LogP contribution in [0.2, 0.25) is 5.02 Å². The van der Waals surface area contributed by atoms with Gasteiger partial charge in [-0.15, -0.1) is 0 Å². The molecule has 0 aliphatic carbocycles. The lowest BCUT2D eigenvalue weighted by Gasteiger charge is -2.24. The highest BCUT2D eigenvalue weighted by atomic mass is 35.5. The summed E-state index contributed by atoms with van der Waals surface area (Å²) in [4.78, 5) is 12.4. The summed E-state index contributed by atoms with van der Waals surface area (Å²) < 4.78 is 78.2. The lowest BCUT2D eigenvalue weighted by molar-refractivity contribution is -0.137. The molecule has 0 atom stereocenters. The van der Waals surface area contributed by atoms with Crippen LogP contribution in [0.5, 0.6) is 0 Å². The molecule has 5 nitrogen and oxygen atoms in total. The molecule has 3 aromatic rings. The first-order chi connectivity index (χ1) is 16.3. The molecule has 186 valence electrons. The Morgan fingerprint density at radius 2 is 1.57 bits per heavy atom. The Morgan fingerprint density at radius 3 is 2.14 bits per heavy atom. The van der Waals surface area contributed by atoms with Crippen molar-refractivity contribution >= 4 is 33.2 Å². The number of carbonyl (C=O) groups is 1. The van der Waals surface area contributed by atoms with Crippen LogP contribution in [-0.4, -0.2) is 27.1 Å². The Labute approximate surface area is 205 Å². The first-order valence-electron chi connectivity index (χ1n) is 10.3. The topological polar surface area (TPSA) is 66.5 Å². The molecule has 0 spiro atoms. The monoisotopic (exact) mass is 528 g/mol. The molecular formula is C24H21ClF4N2O3S. The summed E-state index contributed by atoms with van der Waals surface area (Å²) in [6.07, 6.45) is -3.35. The smallest absolute Gasteiger partial charge is 0.352 e. The third kappa shape index (κ3) is 7.19. The summed E-state index contributed by atoms with van der Waals surface area (Å²) in [5, 5.41) is 2.20. The zero-order valence-corrected chi connectivity index (χ0v) is 20.0. The van der Waals surface area contributed by atoms with E-state index in [2.05, 4.69) is 5.32 Å². The van der Waals surface area contributed by atoms with Crippen LogP contribution in [0.1, 0.15) is 27.0 Å². The van der Waals surface area contributed by atoms with Crippen molar-refractivity contribution < 1.29 is 30.8 Å². The molecule has 3 rings (SSSR count). The summed E-state index contributed by atoms with van der Waals surface area (Å²) in [7, 11) is -3.94. The average Bonchev–Trinajstić information content (AvgIpc) is 2.78. The molecule has 0 radical (unpaired) electrons. The fourth-order valence-corrected chi connectivity index (χ4v) is 4.39. The zero-order chi connectivity index (χ0) is 25.8. The number of sulfonamides is 1. The van der Waals surface area contributed by atoms with Gasteiger partial charge in [0.1, 0.15) is 5.82 Å². The molecule has 1 amide bonds. The lowest BCUT2D eigenvalue weighted by Crippen LogP contribution is -2.29. The van der Waals surface area contributed by atoms with Crippen LogP contribution in [0.15, 0.2) is 66.7 Å². The zero-order valence-electron chi connectivity index (χ0n) is 18.4. The fourth-order valence-electron chi connectivity index (χ4n) is 3.29. The average molecular weight is 529 g/mol. The molecule has 0 aliphatic rings. The first kappa shape index (κ1) is 26.5. The number of nitrogens with one attached hydrogen (secondary N) is 1. The highest BCUT2D eigenvalue weighted by molar-refractivity contribution is 7.92. The van der Waals surface area contributed by atoms with Gasteiger partial charge in [0, 0.05) is 12.1 Å². The summed E-state index contributed by atoms with van der Waals surface area (Å²) in [5.41, 5.74) is 0.315. The van der Waals surface area contributed by atoms with Gasteiger partial charge >= 0.3 is 6.18 Å². The Hall–Kier alpha value is -3.11. The van der Waals surface area contributed by atoms with Gasteiger partial charge in [0.25, 0.3) is 5.91 Å². The number of benzene rings is 3. The van der Waals surface area contributed by atoms with Crippen molar-refractivity contribution in [1.82, 2.24) is 5.32 Å². The summed E-state index contributed by atoms with van der Waals surface area (Å²) in [5.74, 6) is -0.699. The van der Waals surface area contributed by atoms with Crippen molar-refractivity contribution in [2.24, 2.45) is 0 Å². The lowest BCUT2D eigenvalue weighted by atomic mass is 10.1. The molecule has 0 fully saturated rings. The third-order valence-electron chi connectivity index (χ3n) is 5.10.